The summed E-state index contributed by atoms with van der Waals surface area (Å²) in [6.45, 7) is 4.92. The molecule has 0 spiro atoms. The van der Waals surface area contributed by atoms with E-state index in [9.17, 15) is 0 Å². The van der Waals surface area contributed by atoms with Crippen molar-refractivity contribution in [3.63, 3.8) is 0 Å². The van der Waals surface area contributed by atoms with Crippen LogP contribution in [-0.4, -0.2) is 19.8 Å². The Labute approximate surface area is 103 Å². The van der Waals surface area contributed by atoms with E-state index in [1.165, 1.54) is 12.8 Å². The van der Waals surface area contributed by atoms with E-state index in [2.05, 4.69) is 18.3 Å². The number of ether oxygens (including phenoxy) is 2. The van der Waals surface area contributed by atoms with Crippen molar-refractivity contribution in [3.05, 3.63) is 18.2 Å². The summed E-state index contributed by atoms with van der Waals surface area (Å²) in [5, 5.41) is 3.52. The first-order valence-corrected chi connectivity index (χ1v) is 6.30. The van der Waals surface area contributed by atoms with E-state index in [0.717, 1.165) is 23.1 Å². The summed E-state index contributed by atoms with van der Waals surface area (Å²) < 4.78 is 10.8. The molecule has 1 aliphatic rings. The molecule has 1 N–H and O–H groups in total. The van der Waals surface area contributed by atoms with Crippen LogP contribution in [-0.2, 0) is 0 Å². The van der Waals surface area contributed by atoms with Gasteiger partial charge in [-0.1, -0.05) is 6.92 Å². The fourth-order valence-corrected chi connectivity index (χ4v) is 2.29. The summed E-state index contributed by atoms with van der Waals surface area (Å²) in [5.41, 5.74) is 1.11. The van der Waals surface area contributed by atoms with Crippen LogP contribution >= 0.6 is 0 Å². The molecule has 1 aliphatic carbocycles. The predicted octanol–water partition coefficient (Wildman–Crippen LogP) is 3.30. The SMILES string of the molecule is CCOc1ccc(NC2CC(C)C2)cc1OC. The van der Waals surface area contributed by atoms with E-state index >= 15 is 0 Å². The molecule has 1 aromatic carbocycles. The van der Waals surface area contributed by atoms with Gasteiger partial charge in [0.15, 0.2) is 11.5 Å². The average molecular weight is 235 g/mol. The molecule has 0 radical (unpaired) electrons. The fourth-order valence-electron chi connectivity index (χ4n) is 2.29. The molecule has 1 fully saturated rings. The highest BCUT2D eigenvalue weighted by atomic mass is 16.5. The fraction of sp³-hybridized carbons (Fsp3) is 0.571. The van der Waals surface area contributed by atoms with Crippen molar-refractivity contribution in [2.24, 2.45) is 5.92 Å². The monoisotopic (exact) mass is 235 g/mol. The normalized spacial score (nSPS) is 22.8. The first kappa shape index (κ1) is 12.1. The van der Waals surface area contributed by atoms with Crippen molar-refractivity contribution < 1.29 is 9.47 Å². The highest BCUT2D eigenvalue weighted by Crippen LogP contribution is 2.33. The Morgan fingerprint density at radius 2 is 2.06 bits per heavy atom. The van der Waals surface area contributed by atoms with Crippen LogP contribution in [0.25, 0.3) is 0 Å². The van der Waals surface area contributed by atoms with E-state index in [-0.39, 0.29) is 0 Å². The minimum Gasteiger partial charge on any atom is -0.493 e. The maximum Gasteiger partial charge on any atom is 0.162 e. The van der Waals surface area contributed by atoms with E-state index < -0.39 is 0 Å². The second-order valence-electron chi connectivity index (χ2n) is 4.72. The van der Waals surface area contributed by atoms with E-state index in [1.54, 1.807) is 7.11 Å². The Hall–Kier alpha value is -1.38. The van der Waals surface area contributed by atoms with Crippen LogP contribution in [0.2, 0.25) is 0 Å². The Morgan fingerprint density at radius 1 is 1.29 bits per heavy atom. The molecule has 17 heavy (non-hydrogen) atoms. The molecule has 1 aromatic rings. The number of methoxy groups -OCH3 is 1. The third-order valence-corrected chi connectivity index (χ3v) is 3.21. The number of hydrogen-bond donors (Lipinski definition) is 1. The predicted molar refractivity (Wildman–Crippen MR) is 70.0 cm³/mol. The van der Waals surface area contributed by atoms with Crippen LogP contribution in [0.15, 0.2) is 18.2 Å². The quantitative estimate of drug-likeness (QED) is 0.849. The first-order valence-electron chi connectivity index (χ1n) is 6.30. The standard InChI is InChI=1S/C14H21NO2/c1-4-17-13-6-5-11(9-14(13)16-3)15-12-7-10(2)8-12/h5-6,9-10,12,15H,4,7-8H2,1-3H3. The van der Waals surface area contributed by atoms with Crippen molar-refractivity contribution in [3.8, 4) is 11.5 Å². The second kappa shape index (κ2) is 5.30. The molecule has 1 saturated carbocycles. The van der Waals surface area contributed by atoms with Crippen LogP contribution in [0, 0.1) is 5.92 Å². The van der Waals surface area contributed by atoms with Gasteiger partial charge in [-0.05, 0) is 37.8 Å². The Morgan fingerprint density at radius 3 is 2.65 bits per heavy atom. The van der Waals surface area contributed by atoms with Gasteiger partial charge in [0.05, 0.1) is 13.7 Å². The summed E-state index contributed by atoms with van der Waals surface area (Å²) in [7, 11) is 1.67. The Bertz CT molecular complexity index is 372. The molecule has 0 heterocycles. The van der Waals surface area contributed by atoms with Gasteiger partial charge in [-0.15, -0.1) is 0 Å². The lowest BCUT2D eigenvalue weighted by atomic mass is 9.82. The molecule has 0 saturated heterocycles. The van der Waals surface area contributed by atoms with Gasteiger partial charge in [-0.2, -0.15) is 0 Å². The molecule has 94 valence electrons. The highest BCUT2D eigenvalue weighted by molar-refractivity contribution is 5.55. The zero-order valence-corrected chi connectivity index (χ0v) is 10.8. The van der Waals surface area contributed by atoms with Gasteiger partial charge in [0, 0.05) is 17.8 Å². The minimum absolute atomic E-state index is 0.618. The smallest absolute Gasteiger partial charge is 0.162 e. The number of hydrogen-bond acceptors (Lipinski definition) is 3. The molecule has 0 unspecified atom stereocenters. The van der Waals surface area contributed by atoms with Crippen LogP contribution in [0.1, 0.15) is 26.7 Å². The maximum absolute atomic E-state index is 5.49. The summed E-state index contributed by atoms with van der Waals surface area (Å²) in [4.78, 5) is 0. The largest absolute Gasteiger partial charge is 0.493 e. The number of rotatable bonds is 5. The average Bonchev–Trinajstić information content (AvgIpc) is 2.29. The molecule has 2 rings (SSSR count). The van der Waals surface area contributed by atoms with Crippen LogP contribution in [0.3, 0.4) is 0 Å². The van der Waals surface area contributed by atoms with Gasteiger partial charge in [0.25, 0.3) is 0 Å². The zero-order chi connectivity index (χ0) is 12.3. The molecule has 3 heteroatoms. The van der Waals surface area contributed by atoms with Crippen LogP contribution in [0.4, 0.5) is 5.69 Å². The lowest BCUT2D eigenvalue weighted by Crippen LogP contribution is -2.33. The van der Waals surface area contributed by atoms with Gasteiger partial charge in [-0.3, -0.25) is 0 Å². The first-order chi connectivity index (χ1) is 8.22. The lowest BCUT2D eigenvalue weighted by molar-refractivity contribution is 0.306. The highest BCUT2D eigenvalue weighted by Gasteiger charge is 2.25. The third-order valence-electron chi connectivity index (χ3n) is 3.21. The van der Waals surface area contributed by atoms with Gasteiger partial charge in [0.2, 0.25) is 0 Å². The van der Waals surface area contributed by atoms with Crippen molar-refractivity contribution in [1.82, 2.24) is 0 Å². The van der Waals surface area contributed by atoms with E-state index in [1.807, 2.05) is 19.1 Å². The lowest BCUT2D eigenvalue weighted by Gasteiger charge is -2.34. The Kier molecular flexibility index (Phi) is 3.77. The van der Waals surface area contributed by atoms with Crippen molar-refractivity contribution in [2.75, 3.05) is 19.0 Å². The number of nitrogens with one attached hydrogen (secondary N) is 1. The third kappa shape index (κ3) is 2.84. The van der Waals surface area contributed by atoms with E-state index in [4.69, 9.17) is 9.47 Å². The van der Waals surface area contributed by atoms with Crippen molar-refractivity contribution in [1.29, 1.82) is 0 Å². The van der Waals surface area contributed by atoms with Crippen molar-refractivity contribution in [2.45, 2.75) is 32.7 Å². The molecular weight excluding hydrogens is 214 g/mol. The summed E-state index contributed by atoms with van der Waals surface area (Å²) in [5.74, 6) is 2.46. The number of benzene rings is 1. The zero-order valence-electron chi connectivity index (χ0n) is 10.8. The molecule has 0 aliphatic heterocycles. The second-order valence-corrected chi connectivity index (χ2v) is 4.72. The minimum atomic E-state index is 0.618. The van der Waals surface area contributed by atoms with Gasteiger partial charge in [0.1, 0.15) is 0 Å². The van der Waals surface area contributed by atoms with Crippen LogP contribution in [0.5, 0.6) is 11.5 Å². The molecule has 0 atom stereocenters. The maximum atomic E-state index is 5.49. The molecular formula is C14H21NO2. The summed E-state index contributed by atoms with van der Waals surface area (Å²) in [6.07, 6.45) is 2.52. The number of anilines is 1. The molecule has 0 aromatic heterocycles. The van der Waals surface area contributed by atoms with Gasteiger partial charge < -0.3 is 14.8 Å². The van der Waals surface area contributed by atoms with E-state index in [0.29, 0.717) is 12.6 Å². The molecule has 3 nitrogen and oxygen atoms in total. The van der Waals surface area contributed by atoms with Gasteiger partial charge in [-0.25, -0.2) is 0 Å². The summed E-state index contributed by atoms with van der Waals surface area (Å²) >= 11 is 0. The van der Waals surface area contributed by atoms with Gasteiger partial charge >= 0.3 is 0 Å². The molecule has 0 bridgehead atoms. The Balaban J connectivity index is 2.03. The topological polar surface area (TPSA) is 30.5 Å². The van der Waals surface area contributed by atoms with Crippen molar-refractivity contribution >= 4 is 5.69 Å². The van der Waals surface area contributed by atoms with Crippen LogP contribution < -0.4 is 14.8 Å². The summed E-state index contributed by atoms with van der Waals surface area (Å²) in [6, 6.07) is 6.64. The molecule has 0 amide bonds.